The highest BCUT2D eigenvalue weighted by molar-refractivity contribution is 8.76. The van der Waals surface area contributed by atoms with Crippen LogP contribution in [0.5, 0.6) is 0 Å². The summed E-state index contributed by atoms with van der Waals surface area (Å²) in [4.78, 5) is 142. The average Bonchev–Trinajstić information content (AvgIpc) is 4.13. The van der Waals surface area contributed by atoms with Crippen molar-refractivity contribution in [2.24, 2.45) is 11.8 Å². The summed E-state index contributed by atoms with van der Waals surface area (Å²) in [6.07, 6.45) is 4.87. The molecular weight excluding hydrogens is 893 g/mol. The van der Waals surface area contributed by atoms with E-state index in [1.165, 1.54) is 19.6 Å². The lowest BCUT2D eigenvalue weighted by Gasteiger charge is -2.31. The van der Waals surface area contributed by atoms with Crippen molar-refractivity contribution in [3.05, 3.63) is 0 Å². The van der Waals surface area contributed by atoms with E-state index >= 15 is 0 Å². The molecule has 6 aliphatic rings. The zero-order valence-corrected chi connectivity index (χ0v) is 40.2. The van der Waals surface area contributed by atoms with Gasteiger partial charge in [-0.3, -0.25) is 47.9 Å². The van der Waals surface area contributed by atoms with Crippen LogP contribution in [0.2, 0.25) is 0 Å². The second-order valence-electron chi connectivity index (χ2n) is 18.8. The van der Waals surface area contributed by atoms with Crippen molar-refractivity contribution in [2.45, 2.75) is 153 Å². The molecule has 66 heavy (non-hydrogen) atoms. The second-order valence-corrected chi connectivity index (χ2v) is 21.5. The van der Waals surface area contributed by atoms with Crippen LogP contribution < -0.4 is 31.9 Å². The van der Waals surface area contributed by atoms with Gasteiger partial charge in [0, 0.05) is 50.8 Å². The summed E-state index contributed by atoms with van der Waals surface area (Å²) in [5.41, 5.74) is 0. The summed E-state index contributed by atoms with van der Waals surface area (Å²) in [5, 5.41) is 16.8. The highest BCUT2D eigenvalue weighted by Crippen LogP contribution is 2.29. The van der Waals surface area contributed by atoms with Gasteiger partial charge in [-0.25, -0.2) is 0 Å². The Kier molecular flexibility index (Phi) is 18.0. The molecule has 20 nitrogen and oxygen atoms in total. The Bertz CT molecular complexity index is 1720. The van der Waals surface area contributed by atoms with Crippen molar-refractivity contribution in [3.8, 4) is 0 Å². The van der Waals surface area contributed by atoms with Crippen LogP contribution in [0.15, 0.2) is 0 Å². The van der Waals surface area contributed by atoms with Crippen LogP contribution in [-0.4, -0.2) is 178 Å². The Hall–Kier alpha value is -4.60. The summed E-state index contributed by atoms with van der Waals surface area (Å²) < 4.78 is 0. The van der Waals surface area contributed by atoms with E-state index < -0.39 is 95.6 Å². The fourth-order valence-electron chi connectivity index (χ4n) is 9.78. The van der Waals surface area contributed by atoms with E-state index in [0.29, 0.717) is 102 Å². The first kappa shape index (κ1) is 50.8. The lowest BCUT2D eigenvalue weighted by Crippen LogP contribution is -2.58. The normalized spacial score (nSPS) is 29.2. The maximum Gasteiger partial charge on any atom is 0.246 e. The first-order chi connectivity index (χ1) is 31.6. The van der Waals surface area contributed by atoms with E-state index in [1.807, 2.05) is 0 Å². The molecule has 6 fully saturated rings. The van der Waals surface area contributed by atoms with Gasteiger partial charge in [0.15, 0.2) is 0 Å². The second kappa shape index (κ2) is 23.4. The van der Waals surface area contributed by atoms with Crippen molar-refractivity contribution in [1.29, 1.82) is 0 Å². The Morgan fingerprint density at radius 2 is 0.864 bits per heavy atom. The van der Waals surface area contributed by atoms with Crippen LogP contribution >= 0.6 is 21.6 Å². The highest BCUT2D eigenvalue weighted by Gasteiger charge is 2.46. The maximum absolute atomic E-state index is 13.7. The van der Waals surface area contributed by atoms with Crippen LogP contribution in [0.25, 0.3) is 0 Å². The van der Waals surface area contributed by atoms with Gasteiger partial charge in [-0.2, -0.15) is 0 Å². The third-order valence-electron chi connectivity index (χ3n) is 13.4. The molecule has 6 rings (SSSR count). The van der Waals surface area contributed by atoms with Gasteiger partial charge in [0.2, 0.25) is 59.1 Å². The monoisotopic (exact) mass is 960 g/mol. The molecular formula is C44H68N10O10S2. The molecule has 0 radical (unpaired) electrons. The van der Waals surface area contributed by atoms with Gasteiger partial charge in [0.1, 0.15) is 48.3 Å². The van der Waals surface area contributed by atoms with Gasteiger partial charge < -0.3 is 51.5 Å². The first-order valence-electron chi connectivity index (χ1n) is 23.8. The molecule has 0 spiro atoms. The van der Waals surface area contributed by atoms with E-state index in [2.05, 4.69) is 31.9 Å². The lowest BCUT2D eigenvalue weighted by atomic mass is 10.0. The van der Waals surface area contributed by atoms with Crippen molar-refractivity contribution >= 4 is 80.7 Å². The fraction of sp³-hybridized carbons (Fsp3) is 0.773. The standard InChI is InChI=1S/C44H68N10O10S2/c1-25(2)35-41(61)47-27(23-33(55)51-17-7-13-31(51)43(63)53-19-5-11-29(53)39(59)49-35)37(57)45-15-9-21-65-66-22-10-16-46-38(58)28-24-34(56)52-18-8-14-32(52)44(64)54-20-6-12-30(54)40(60)50-36(26(3)4)42(62)48-28/h25-32,35-36H,5-24H2,1-4H3,(H,45,57)(H,46,58)(H,47,61)(H,48,62)(H,49,59)(H,50,60)/t27-,28-,29+,30+,31-,32-,35+,36+/m1/s1. The summed E-state index contributed by atoms with van der Waals surface area (Å²) in [6.45, 7) is 9.13. The zero-order valence-electron chi connectivity index (χ0n) is 38.6. The quantitative estimate of drug-likeness (QED) is 0.100. The molecule has 0 bridgehead atoms. The molecule has 22 heteroatoms. The molecule has 8 atom stereocenters. The largest absolute Gasteiger partial charge is 0.354 e. The van der Waals surface area contributed by atoms with Gasteiger partial charge in [-0.1, -0.05) is 49.3 Å². The molecule has 6 heterocycles. The third-order valence-corrected chi connectivity index (χ3v) is 16.0. The van der Waals surface area contributed by atoms with Crippen LogP contribution in [0.1, 0.15) is 105 Å². The predicted molar refractivity (Wildman–Crippen MR) is 246 cm³/mol. The van der Waals surface area contributed by atoms with E-state index in [-0.39, 0.29) is 49.6 Å². The van der Waals surface area contributed by atoms with E-state index in [4.69, 9.17) is 0 Å². The third kappa shape index (κ3) is 12.3. The van der Waals surface area contributed by atoms with E-state index in [9.17, 15) is 47.9 Å². The molecule has 0 aromatic carbocycles. The molecule has 10 amide bonds. The van der Waals surface area contributed by atoms with Gasteiger partial charge in [-0.05, 0) is 76.0 Å². The molecule has 0 saturated carbocycles. The number of fused-ring (bicyclic) bond motifs is 4. The minimum absolute atomic E-state index is 0.271. The SMILES string of the molecule is CC(C)[C@@H]1NC(=O)[C@@H]2CCCN2C(=O)[C@H]2CCCN2C(=O)C[C@H](C(=O)NCCCSSCCCNC(=O)[C@H]2CC(=O)N3CCC[C@@H]3C(=O)N3CCC[C@H]3C(=O)N[C@@H](C(C)C)C(=O)N2)NC1=O. The van der Waals surface area contributed by atoms with Crippen molar-refractivity contribution < 1.29 is 47.9 Å². The van der Waals surface area contributed by atoms with Crippen LogP contribution in [0.3, 0.4) is 0 Å². The first-order valence-corrected chi connectivity index (χ1v) is 26.3. The number of hydrogen-bond donors (Lipinski definition) is 6. The van der Waals surface area contributed by atoms with Crippen molar-refractivity contribution in [3.63, 3.8) is 0 Å². The summed E-state index contributed by atoms with van der Waals surface area (Å²) in [5.74, 6) is -3.79. The summed E-state index contributed by atoms with van der Waals surface area (Å²) in [6, 6.07) is -7.28. The zero-order chi connectivity index (χ0) is 47.7. The van der Waals surface area contributed by atoms with Crippen LogP contribution in [0, 0.1) is 11.8 Å². The summed E-state index contributed by atoms with van der Waals surface area (Å²) in [7, 11) is 3.15. The summed E-state index contributed by atoms with van der Waals surface area (Å²) >= 11 is 0. The van der Waals surface area contributed by atoms with Crippen molar-refractivity contribution in [2.75, 3.05) is 50.8 Å². The van der Waals surface area contributed by atoms with Gasteiger partial charge in [0.05, 0.1) is 12.8 Å². The average molecular weight is 961 g/mol. The molecule has 6 aliphatic heterocycles. The van der Waals surface area contributed by atoms with E-state index in [1.54, 1.807) is 49.3 Å². The van der Waals surface area contributed by atoms with Crippen LogP contribution in [0.4, 0.5) is 0 Å². The number of nitrogens with one attached hydrogen (secondary N) is 6. The predicted octanol–water partition coefficient (Wildman–Crippen LogP) is -0.597. The Morgan fingerprint density at radius 1 is 0.515 bits per heavy atom. The van der Waals surface area contributed by atoms with Gasteiger partial charge in [0.25, 0.3) is 0 Å². The Balaban J connectivity index is 0.955. The number of amides is 10. The number of carbonyl (C=O) groups excluding carboxylic acids is 10. The number of hydrogen-bond acceptors (Lipinski definition) is 12. The molecule has 366 valence electrons. The topological polar surface area (TPSA) is 256 Å². The molecule has 0 aliphatic carbocycles. The molecule has 0 aromatic rings. The smallest absolute Gasteiger partial charge is 0.246 e. The Morgan fingerprint density at radius 3 is 1.23 bits per heavy atom. The van der Waals surface area contributed by atoms with Gasteiger partial charge in [-0.15, -0.1) is 0 Å². The molecule has 0 unspecified atom stereocenters. The van der Waals surface area contributed by atoms with Gasteiger partial charge >= 0.3 is 0 Å². The highest BCUT2D eigenvalue weighted by atomic mass is 33.1. The minimum atomic E-state index is -1.21. The number of rotatable bonds is 13. The molecule has 6 N–H and O–H groups in total. The molecule has 6 saturated heterocycles. The van der Waals surface area contributed by atoms with Crippen molar-refractivity contribution in [1.82, 2.24) is 51.5 Å². The number of nitrogens with zero attached hydrogens (tertiary/aromatic N) is 4. The Labute approximate surface area is 394 Å². The lowest BCUT2D eigenvalue weighted by molar-refractivity contribution is -0.147. The minimum Gasteiger partial charge on any atom is -0.354 e. The molecule has 0 aromatic heterocycles. The number of carbonyl (C=O) groups is 10. The van der Waals surface area contributed by atoms with E-state index in [0.717, 1.165) is 0 Å². The maximum atomic E-state index is 13.7. The van der Waals surface area contributed by atoms with Crippen LogP contribution in [-0.2, 0) is 47.9 Å². The fourth-order valence-corrected chi connectivity index (χ4v) is 12.0.